The molecule has 0 atom stereocenters. The van der Waals surface area contributed by atoms with Crippen molar-refractivity contribution >= 4 is 15.9 Å². The fraction of sp³-hybridized carbons (Fsp3) is 0.462. The molecule has 0 unspecified atom stereocenters. The highest BCUT2D eigenvalue weighted by Gasteiger charge is 2.26. The highest BCUT2D eigenvalue weighted by molar-refractivity contribution is 7.89. The molecule has 1 N–H and O–H groups in total. The summed E-state index contributed by atoms with van der Waals surface area (Å²) in [5.41, 5.74) is 0.318. The van der Waals surface area contributed by atoms with E-state index in [1.165, 1.54) is 33.3 Å². The highest BCUT2D eigenvalue weighted by Crippen LogP contribution is 2.27. The number of sulfonamides is 1. The Labute approximate surface area is 118 Å². The van der Waals surface area contributed by atoms with Gasteiger partial charge in [0.2, 0.25) is 10.0 Å². The highest BCUT2D eigenvalue weighted by atomic mass is 32.2. The molecule has 1 aliphatic rings. The van der Waals surface area contributed by atoms with Crippen LogP contribution in [0.3, 0.4) is 0 Å². The summed E-state index contributed by atoms with van der Waals surface area (Å²) in [5.74, 6) is -0.0352. The quantitative estimate of drug-likeness (QED) is 0.874. The van der Waals surface area contributed by atoms with Crippen LogP contribution in [-0.4, -0.2) is 45.9 Å². The van der Waals surface area contributed by atoms with E-state index in [-0.39, 0.29) is 22.6 Å². The fourth-order valence-electron chi connectivity index (χ4n) is 1.71. The first kappa shape index (κ1) is 14.8. The van der Waals surface area contributed by atoms with Gasteiger partial charge in [-0.1, -0.05) is 0 Å². The topological polar surface area (TPSA) is 75.7 Å². The minimum Gasteiger partial charge on any atom is -0.495 e. The number of hydrogen-bond donors (Lipinski definition) is 1. The van der Waals surface area contributed by atoms with Gasteiger partial charge in [0.25, 0.3) is 5.91 Å². The van der Waals surface area contributed by atoms with Gasteiger partial charge in [-0.25, -0.2) is 12.7 Å². The maximum absolute atomic E-state index is 12.2. The molecule has 1 aliphatic carbocycles. The smallest absolute Gasteiger partial charge is 0.251 e. The molecular weight excluding hydrogens is 280 g/mol. The summed E-state index contributed by atoms with van der Waals surface area (Å²) in [7, 11) is 0.609. The molecule has 1 amide bonds. The zero-order chi connectivity index (χ0) is 14.9. The summed E-state index contributed by atoms with van der Waals surface area (Å²) in [5, 5.41) is 2.83. The SMILES string of the molecule is COc1ccc(C(=O)NC2CC2)cc1S(=O)(=O)N(C)C. The predicted molar refractivity (Wildman–Crippen MR) is 74.4 cm³/mol. The number of ether oxygens (including phenoxy) is 1. The first-order valence-electron chi connectivity index (χ1n) is 6.27. The van der Waals surface area contributed by atoms with Crippen molar-refractivity contribution < 1.29 is 17.9 Å². The molecule has 0 radical (unpaired) electrons. The predicted octanol–water partition coefficient (Wildman–Crippen LogP) is 0.838. The van der Waals surface area contributed by atoms with Gasteiger partial charge in [0.1, 0.15) is 10.6 Å². The molecule has 0 bridgehead atoms. The van der Waals surface area contributed by atoms with E-state index in [0.29, 0.717) is 5.56 Å². The third-order valence-corrected chi connectivity index (χ3v) is 4.93. The van der Waals surface area contributed by atoms with Crippen LogP contribution < -0.4 is 10.1 Å². The minimum absolute atomic E-state index is 0.00607. The number of amides is 1. The zero-order valence-corrected chi connectivity index (χ0v) is 12.5. The van der Waals surface area contributed by atoms with E-state index in [2.05, 4.69) is 5.32 Å². The molecule has 1 aromatic carbocycles. The van der Waals surface area contributed by atoms with Gasteiger partial charge >= 0.3 is 0 Å². The van der Waals surface area contributed by atoms with Crippen LogP contribution in [0.25, 0.3) is 0 Å². The average molecular weight is 298 g/mol. The lowest BCUT2D eigenvalue weighted by Crippen LogP contribution is -2.27. The molecule has 1 fully saturated rings. The molecule has 0 heterocycles. The van der Waals surface area contributed by atoms with E-state index in [4.69, 9.17) is 4.74 Å². The number of nitrogens with zero attached hydrogens (tertiary/aromatic N) is 1. The van der Waals surface area contributed by atoms with Crippen molar-refractivity contribution in [1.82, 2.24) is 9.62 Å². The van der Waals surface area contributed by atoms with Crippen molar-refractivity contribution in [2.45, 2.75) is 23.8 Å². The molecule has 20 heavy (non-hydrogen) atoms. The van der Waals surface area contributed by atoms with Crippen molar-refractivity contribution in [3.63, 3.8) is 0 Å². The molecule has 6 nitrogen and oxygen atoms in total. The zero-order valence-electron chi connectivity index (χ0n) is 11.7. The first-order chi connectivity index (χ1) is 9.36. The van der Waals surface area contributed by atoms with Gasteiger partial charge in [-0.2, -0.15) is 0 Å². The summed E-state index contributed by atoms with van der Waals surface area (Å²) in [6.07, 6.45) is 1.95. The molecular formula is C13H18N2O4S. The van der Waals surface area contributed by atoms with Crippen LogP contribution in [0, 0.1) is 0 Å². The minimum atomic E-state index is -3.66. The lowest BCUT2D eigenvalue weighted by Gasteiger charge is -2.15. The standard InChI is InChI=1S/C13H18N2O4S/c1-15(2)20(17,18)12-8-9(4-7-11(12)19-3)13(16)14-10-5-6-10/h4,7-8,10H,5-6H2,1-3H3,(H,14,16). The first-order valence-corrected chi connectivity index (χ1v) is 7.71. The summed E-state index contributed by atoms with van der Waals surface area (Å²) in [6, 6.07) is 4.63. The van der Waals surface area contributed by atoms with E-state index in [9.17, 15) is 13.2 Å². The maximum Gasteiger partial charge on any atom is 0.251 e. The lowest BCUT2D eigenvalue weighted by atomic mass is 10.2. The van der Waals surface area contributed by atoms with Crippen LogP contribution in [0.4, 0.5) is 0 Å². The van der Waals surface area contributed by atoms with Crippen LogP contribution in [-0.2, 0) is 10.0 Å². The number of methoxy groups -OCH3 is 1. The van der Waals surface area contributed by atoms with E-state index in [0.717, 1.165) is 17.1 Å². The average Bonchev–Trinajstić information content (AvgIpc) is 3.21. The molecule has 1 aromatic rings. The molecule has 0 aliphatic heterocycles. The third-order valence-electron chi connectivity index (χ3n) is 3.10. The van der Waals surface area contributed by atoms with Crippen LogP contribution in [0.1, 0.15) is 23.2 Å². The maximum atomic E-state index is 12.2. The number of carbonyl (C=O) groups is 1. The number of carbonyl (C=O) groups excluding carboxylic acids is 1. The van der Waals surface area contributed by atoms with Gasteiger partial charge in [-0.05, 0) is 31.0 Å². The summed E-state index contributed by atoms with van der Waals surface area (Å²) in [6.45, 7) is 0. The van der Waals surface area contributed by atoms with Crippen LogP contribution in [0.15, 0.2) is 23.1 Å². The van der Waals surface area contributed by atoms with Gasteiger partial charge in [-0.3, -0.25) is 4.79 Å². The van der Waals surface area contributed by atoms with Gasteiger partial charge in [0, 0.05) is 25.7 Å². The van der Waals surface area contributed by atoms with E-state index in [1.54, 1.807) is 6.07 Å². The monoisotopic (exact) mass is 298 g/mol. The van der Waals surface area contributed by atoms with Gasteiger partial charge < -0.3 is 10.1 Å². The molecule has 7 heteroatoms. The summed E-state index contributed by atoms with van der Waals surface area (Å²) in [4.78, 5) is 12.0. The normalized spacial score (nSPS) is 15.2. The van der Waals surface area contributed by atoms with Gasteiger partial charge in [0.15, 0.2) is 0 Å². The van der Waals surface area contributed by atoms with Crippen molar-refractivity contribution in [2.75, 3.05) is 21.2 Å². The Morgan fingerprint density at radius 1 is 1.35 bits per heavy atom. The Morgan fingerprint density at radius 3 is 2.50 bits per heavy atom. The fourth-order valence-corrected chi connectivity index (χ4v) is 2.79. The van der Waals surface area contributed by atoms with Crippen LogP contribution in [0.5, 0.6) is 5.75 Å². The molecule has 110 valence electrons. The third kappa shape index (κ3) is 2.94. The summed E-state index contributed by atoms with van der Waals surface area (Å²) >= 11 is 0. The van der Waals surface area contributed by atoms with Gasteiger partial charge in [0.05, 0.1) is 7.11 Å². The molecule has 0 spiro atoms. The van der Waals surface area contributed by atoms with E-state index >= 15 is 0 Å². The second-order valence-electron chi connectivity index (χ2n) is 4.90. The van der Waals surface area contributed by atoms with Crippen molar-refractivity contribution in [2.24, 2.45) is 0 Å². The number of benzene rings is 1. The van der Waals surface area contributed by atoms with Crippen LogP contribution in [0.2, 0.25) is 0 Å². The molecule has 0 aromatic heterocycles. The second kappa shape index (κ2) is 5.41. The Morgan fingerprint density at radius 2 is 2.00 bits per heavy atom. The van der Waals surface area contributed by atoms with E-state index in [1.807, 2.05) is 0 Å². The molecule has 0 saturated heterocycles. The largest absolute Gasteiger partial charge is 0.495 e. The van der Waals surface area contributed by atoms with Crippen molar-refractivity contribution in [3.05, 3.63) is 23.8 Å². The Balaban J connectivity index is 2.40. The second-order valence-corrected chi connectivity index (χ2v) is 7.02. The summed E-state index contributed by atoms with van der Waals surface area (Å²) < 4.78 is 30.6. The van der Waals surface area contributed by atoms with Crippen molar-refractivity contribution in [3.8, 4) is 5.75 Å². The van der Waals surface area contributed by atoms with Crippen LogP contribution >= 0.6 is 0 Å². The number of hydrogen-bond acceptors (Lipinski definition) is 4. The Kier molecular flexibility index (Phi) is 4.01. The van der Waals surface area contributed by atoms with Crippen molar-refractivity contribution in [1.29, 1.82) is 0 Å². The Bertz CT molecular complexity index is 621. The Hall–Kier alpha value is -1.60. The lowest BCUT2D eigenvalue weighted by molar-refractivity contribution is 0.0951. The number of rotatable bonds is 5. The number of nitrogens with one attached hydrogen (secondary N) is 1. The molecule has 1 saturated carbocycles. The molecule has 2 rings (SSSR count). The van der Waals surface area contributed by atoms with E-state index < -0.39 is 10.0 Å². The van der Waals surface area contributed by atoms with Gasteiger partial charge in [-0.15, -0.1) is 0 Å².